The summed E-state index contributed by atoms with van der Waals surface area (Å²) in [7, 11) is 0.199. The van der Waals surface area contributed by atoms with Crippen LogP contribution in [-0.4, -0.2) is 63.4 Å². The second-order valence-corrected chi connectivity index (χ2v) is 8.14. The number of methoxy groups -OCH3 is 1. The average molecular weight is 354 g/mol. The Morgan fingerprint density at radius 2 is 2.12 bits per heavy atom. The summed E-state index contributed by atoms with van der Waals surface area (Å²) in [6, 6.07) is 6.49. The number of esters is 1. The summed E-state index contributed by atoms with van der Waals surface area (Å²) in [4.78, 5) is 25.4. The zero-order chi connectivity index (χ0) is 17.7. The van der Waals surface area contributed by atoms with Crippen LogP contribution in [0.25, 0.3) is 0 Å². The zero-order valence-electron chi connectivity index (χ0n) is 13.8. The van der Waals surface area contributed by atoms with E-state index in [1.165, 1.54) is 7.11 Å². The number of sulfone groups is 1. The van der Waals surface area contributed by atoms with Gasteiger partial charge in [-0.2, -0.15) is 0 Å². The van der Waals surface area contributed by atoms with Gasteiger partial charge in [0.25, 0.3) is 0 Å². The van der Waals surface area contributed by atoms with Crippen molar-refractivity contribution in [3.05, 3.63) is 29.8 Å². The topological polar surface area (TPSA) is 92.8 Å². The molecule has 1 N–H and O–H groups in total. The molecular formula is C16H22N2O5S. The minimum absolute atomic E-state index is 0.0227. The second kappa shape index (κ2) is 7.76. The fourth-order valence-corrected chi connectivity index (χ4v) is 4.45. The van der Waals surface area contributed by atoms with Gasteiger partial charge in [0, 0.05) is 24.7 Å². The molecule has 132 valence electrons. The molecule has 1 aromatic carbocycles. The smallest absolute Gasteiger partial charge is 0.337 e. The summed E-state index contributed by atoms with van der Waals surface area (Å²) in [6.45, 7) is 0.475. The van der Waals surface area contributed by atoms with Crippen molar-refractivity contribution in [2.24, 2.45) is 0 Å². The van der Waals surface area contributed by atoms with Crippen LogP contribution in [-0.2, 0) is 19.4 Å². The van der Waals surface area contributed by atoms with E-state index in [1.807, 2.05) is 11.9 Å². The lowest BCUT2D eigenvalue weighted by molar-refractivity contribution is -0.116. The molecule has 0 aromatic heterocycles. The van der Waals surface area contributed by atoms with E-state index in [4.69, 9.17) is 0 Å². The monoisotopic (exact) mass is 354 g/mol. The Kier molecular flexibility index (Phi) is 5.95. The second-order valence-electron chi connectivity index (χ2n) is 5.91. The highest BCUT2D eigenvalue weighted by Gasteiger charge is 2.30. The van der Waals surface area contributed by atoms with E-state index < -0.39 is 15.8 Å². The SMILES string of the molecule is COC(=O)c1cccc(NC(=O)CCN(C)C2CCS(=O)(=O)C2)c1. The molecule has 8 heteroatoms. The van der Waals surface area contributed by atoms with Gasteiger partial charge in [0.15, 0.2) is 9.84 Å². The normalized spacial score (nSPS) is 19.2. The number of hydrogen-bond donors (Lipinski definition) is 1. The van der Waals surface area contributed by atoms with Gasteiger partial charge in [0.1, 0.15) is 0 Å². The fourth-order valence-electron chi connectivity index (χ4n) is 2.65. The Morgan fingerprint density at radius 3 is 2.75 bits per heavy atom. The highest BCUT2D eigenvalue weighted by molar-refractivity contribution is 7.91. The lowest BCUT2D eigenvalue weighted by Crippen LogP contribution is -2.35. The molecule has 7 nitrogen and oxygen atoms in total. The third kappa shape index (κ3) is 5.04. The van der Waals surface area contributed by atoms with E-state index in [1.54, 1.807) is 24.3 Å². The van der Waals surface area contributed by atoms with Crippen molar-refractivity contribution in [1.82, 2.24) is 4.90 Å². The first kappa shape index (κ1) is 18.4. The first-order chi connectivity index (χ1) is 11.3. The molecule has 1 aliphatic rings. The Morgan fingerprint density at radius 1 is 1.38 bits per heavy atom. The zero-order valence-corrected chi connectivity index (χ0v) is 14.6. The highest BCUT2D eigenvalue weighted by atomic mass is 32.2. The van der Waals surface area contributed by atoms with Crippen LogP contribution in [0.15, 0.2) is 24.3 Å². The van der Waals surface area contributed by atoms with Crippen LogP contribution in [0.1, 0.15) is 23.2 Å². The van der Waals surface area contributed by atoms with Crippen molar-refractivity contribution >= 4 is 27.4 Å². The number of carbonyl (C=O) groups is 2. The predicted molar refractivity (Wildman–Crippen MR) is 90.7 cm³/mol. The van der Waals surface area contributed by atoms with Crippen LogP contribution in [0.5, 0.6) is 0 Å². The molecule has 0 bridgehead atoms. The van der Waals surface area contributed by atoms with Crippen LogP contribution in [0.2, 0.25) is 0 Å². The standard InChI is InChI=1S/C16H22N2O5S/c1-18(14-7-9-24(21,22)11-14)8-6-15(19)17-13-5-3-4-12(10-13)16(20)23-2/h3-5,10,14H,6-9,11H2,1-2H3,(H,17,19). The summed E-state index contributed by atoms with van der Waals surface area (Å²) >= 11 is 0. The third-order valence-electron chi connectivity index (χ3n) is 4.09. The van der Waals surface area contributed by atoms with Crippen molar-refractivity contribution in [3.63, 3.8) is 0 Å². The molecule has 24 heavy (non-hydrogen) atoms. The van der Waals surface area contributed by atoms with Crippen LogP contribution in [0.3, 0.4) is 0 Å². The number of carbonyl (C=O) groups excluding carboxylic acids is 2. The molecule has 1 fully saturated rings. The number of anilines is 1. The van der Waals surface area contributed by atoms with Gasteiger partial charge in [-0.25, -0.2) is 13.2 Å². The molecule has 1 atom stereocenters. The fraction of sp³-hybridized carbons (Fsp3) is 0.500. The minimum Gasteiger partial charge on any atom is -0.465 e. The summed E-state index contributed by atoms with van der Waals surface area (Å²) in [5.41, 5.74) is 0.887. The molecule has 0 aliphatic carbocycles. The van der Waals surface area contributed by atoms with Crippen LogP contribution in [0, 0.1) is 0 Å². The third-order valence-corrected chi connectivity index (χ3v) is 5.84. The first-order valence-corrected chi connectivity index (χ1v) is 9.52. The number of hydrogen-bond acceptors (Lipinski definition) is 6. The van der Waals surface area contributed by atoms with Crippen molar-refractivity contribution in [2.75, 3.05) is 37.5 Å². The summed E-state index contributed by atoms with van der Waals surface area (Å²) < 4.78 is 27.6. The predicted octanol–water partition coefficient (Wildman–Crippen LogP) is 0.921. The Balaban J connectivity index is 1.84. The van der Waals surface area contributed by atoms with Gasteiger partial charge in [0.2, 0.25) is 5.91 Å². The van der Waals surface area contributed by atoms with Gasteiger partial charge in [0.05, 0.1) is 24.2 Å². The summed E-state index contributed by atoms with van der Waals surface area (Å²) in [5, 5.41) is 2.73. The van der Waals surface area contributed by atoms with Gasteiger partial charge >= 0.3 is 5.97 Å². The first-order valence-electron chi connectivity index (χ1n) is 7.69. The average Bonchev–Trinajstić information content (AvgIpc) is 2.92. The molecule has 2 rings (SSSR count). The van der Waals surface area contributed by atoms with E-state index in [-0.39, 0.29) is 29.9 Å². The molecule has 0 saturated carbocycles. The van der Waals surface area contributed by atoms with E-state index in [9.17, 15) is 18.0 Å². The lowest BCUT2D eigenvalue weighted by Gasteiger charge is -2.22. The molecule has 0 spiro atoms. The van der Waals surface area contributed by atoms with Gasteiger partial charge in [-0.15, -0.1) is 0 Å². The number of rotatable bonds is 6. The minimum atomic E-state index is -2.93. The Hall–Kier alpha value is -1.93. The van der Waals surface area contributed by atoms with E-state index in [2.05, 4.69) is 10.1 Å². The molecule has 1 heterocycles. The van der Waals surface area contributed by atoms with E-state index in [0.717, 1.165) is 0 Å². The molecule has 1 aliphatic heterocycles. The molecule has 1 unspecified atom stereocenters. The van der Waals surface area contributed by atoms with Crippen molar-refractivity contribution in [1.29, 1.82) is 0 Å². The molecular weight excluding hydrogens is 332 g/mol. The molecule has 1 aromatic rings. The highest BCUT2D eigenvalue weighted by Crippen LogP contribution is 2.17. The van der Waals surface area contributed by atoms with Gasteiger partial charge in [-0.1, -0.05) is 6.07 Å². The summed E-state index contributed by atoms with van der Waals surface area (Å²) in [5.74, 6) is -0.279. The Labute approximate surface area is 141 Å². The quantitative estimate of drug-likeness (QED) is 0.764. The summed E-state index contributed by atoms with van der Waals surface area (Å²) in [6.07, 6.45) is 0.858. The van der Waals surface area contributed by atoms with E-state index in [0.29, 0.717) is 24.2 Å². The number of ether oxygens (including phenoxy) is 1. The van der Waals surface area contributed by atoms with Crippen LogP contribution < -0.4 is 5.32 Å². The van der Waals surface area contributed by atoms with Crippen molar-refractivity contribution in [2.45, 2.75) is 18.9 Å². The maximum absolute atomic E-state index is 12.0. The number of nitrogens with one attached hydrogen (secondary N) is 1. The maximum Gasteiger partial charge on any atom is 0.337 e. The van der Waals surface area contributed by atoms with Crippen LogP contribution >= 0.6 is 0 Å². The van der Waals surface area contributed by atoms with Gasteiger partial charge in [-0.3, -0.25) is 4.79 Å². The molecule has 1 saturated heterocycles. The van der Waals surface area contributed by atoms with Gasteiger partial charge < -0.3 is 15.0 Å². The van der Waals surface area contributed by atoms with Crippen LogP contribution in [0.4, 0.5) is 5.69 Å². The lowest BCUT2D eigenvalue weighted by atomic mass is 10.2. The van der Waals surface area contributed by atoms with Crippen molar-refractivity contribution in [3.8, 4) is 0 Å². The number of nitrogens with zero attached hydrogens (tertiary/aromatic N) is 1. The number of amides is 1. The molecule has 0 radical (unpaired) electrons. The maximum atomic E-state index is 12.0. The van der Waals surface area contributed by atoms with E-state index >= 15 is 0 Å². The Bertz CT molecular complexity index is 717. The van der Waals surface area contributed by atoms with Gasteiger partial charge in [-0.05, 0) is 31.7 Å². The molecule has 1 amide bonds. The number of benzene rings is 1. The largest absolute Gasteiger partial charge is 0.465 e. The van der Waals surface area contributed by atoms with Crippen molar-refractivity contribution < 1.29 is 22.7 Å².